The van der Waals surface area contributed by atoms with Gasteiger partial charge in [-0.3, -0.25) is 9.59 Å². The monoisotopic (exact) mass is 582 g/mol. The number of fused-ring (bicyclic) bond motifs is 1. The fourth-order valence-corrected chi connectivity index (χ4v) is 5.10. The topological polar surface area (TPSA) is 137 Å². The molecule has 9 nitrogen and oxygen atoms in total. The quantitative estimate of drug-likeness (QED) is 0.235. The summed E-state index contributed by atoms with van der Waals surface area (Å²) >= 11 is 12.6. The molecule has 2 atom stereocenters. The maximum Gasteiger partial charge on any atom is 0.328 e. The molecule has 0 fully saturated rings. The van der Waals surface area contributed by atoms with E-state index in [9.17, 15) is 24.3 Å². The van der Waals surface area contributed by atoms with Gasteiger partial charge in [-0.25, -0.2) is 9.59 Å². The Bertz CT molecular complexity index is 1420. The molecule has 40 heavy (non-hydrogen) atoms. The molecule has 0 saturated heterocycles. The number of carboxylic acid groups (broad SMARTS) is 1. The first-order valence-corrected chi connectivity index (χ1v) is 13.5. The average molecular weight is 583 g/mol. The number of halogens is 2. The number of anilines is 1. The largest absolute Gasteiger partial charge is 0.480 e. The second-order valence-corrected chi connectivity index (χ2v) is 10.1. The van der Waals surface area contributed by atoms with Crippen molar-refractivity contribution in [1.29, 1.82) is 0 Å². The molecule has 1 aliphatic carbocycles. The van der Waals surface area contributed by atoms with E-state index < -0.39 is 23.9 Å². The van der Waals surface area contributed by atoms with Crippen LogP contribution in [0.25, 0.3) is 0 Å². The number of urea groups is 1. The van der Waals surface area contributed by atoms with Crippen LogP contribution >= 0.6 is 23.2 Å². The maximum absolute atomic E-state index is 13.0. The Morgan fingerprint density at radius 2 is 1.68 bits per heavy atom. The summed E-state index contributed by atoms with van der Waals surface area (Å²) in [5.74, 6) is -2.55. The normalized spacial score (nSPS) is 14.5. The van der Waals surface area contributed by atoms with Crippen molar-refractivity contribution in [3.05, 3.63) is 99.0 Å². The van der Waals surface area contributed by atoms with Gasteiger partial charge in [-0.1, -0.05) is 77.8 Å². The Kier molecular flexibility index (Phi) is 9.63. The average Bonchev–Trinajstić information content (AvgIpc) is 3.34. The van der Waals surface area contributed by atoms with Crippen LogP contribution in [0.3, 0.4) is 0 Å². The molecule has 0 saturated carbocycles. The van der Waals surface area contributed by atoms with Crippen molar-refractivity contribution >= 4 is 52.7 Å². The van der Waals surface area contributed by atoms with Crippen molar-refractivity contribution in [1.82, 2.24) is 16.0 Å². The van der Waals surface area contributed by atoms with Crippen molar-refractivity contribution in [3.63, 3.8) is 0 Å². The summed E-state index contributed by atoms with van der Waals surface area (Å²) in [6.45, 7) is -0.383. The molecule has 4 rings (SSSR count). The molecule has 3 aromatic carbocycles. The fraction of sp³-hybridized carbons (Fsp3) is 0.241. The Labute approximate surface area is 241 Å². The van der Waals surface area contributed by atoms with Gasteiger partial charge in [0.25, 0.3) is 5.91 Å². The predicted octanol–water partition coefficient (Wildman–Crippen LogP) is 4.73. The highest BCUT2D eigenvalue weighted by Crippen LogP contribution is 2.32. The van der Waals surface area contributed by atoms with E-state index in [1.165, 1.54) is 12.1 Å². The molecule has 0 spiro atoms. The van der Waals surface area contributed by atoms with Crippen molar-refractivity contribution in [2.75, 3.05) is 11.9 Å². The second-order valence-electron chi connectivity index (χ2n) is 9.33. The van der Waals surface area contributed by atoms with Crippen LogP contribution in [0.5, 0.6) is 0 Å². The van der Waals surface area contributed by atoms with Gasteiger partial charge in [-0.15, -0.1) is 0 Å². The number of carboxylic acids is 1. The van der Waals surface area contributed by atoms with Crippen LogP contribution in [0.1, 0.15) is 45.9 Å². The van der Waals surface area contributed by atoms with Gasteiger partial charge in [0.05, 0.1) is 33.9 Å². The summed E-state index contributed by atoms with van der Waals surface area (Å²) in [6.07, 6.45) is 2.27. The Balaban J connectivity index is 1.35. The number of aryl methyl sites for hydroxylation is 2. The van der Waals surface area contributed by atoms with E-state index in [2.05, 4.69) is 21.3 Å². The lowest BCUT2D eigenvalue weighted by Gasteiger charge is -2.19. The zero-order valence-corrected chi connectivity index (χ0v) is 22.9. The van der Waals surface area contributed by atoms with E-state index in [-0.39, 0.29) is 46.2 Å². The van der Waals surface area contributed by atoms with E-state index in [4.69, 9.17) is 23.2 Å². The molecular formula is C29H28Cl2N4O5. The number of rotatable bonds is 10. The van der Waals surface area contributed by atoms with E-state index in [1.54, 1.807) is 0 Å². The minimum absolute atomic E-state index is 0.0282. The first kappa shape index (κ1) is 28.9. The molecule has 1 aliphatic rings. The summed E-state index contributed by atoms with van der Waals surface area (Å²) in [7, 11) is 0. The highest BCUT2D eigenvalue weighted by Gasteiger charge is 2.27. The van der Waals surface area contributed by atoms with Gasteiger partial charge in [-0.2, -0.15) is 0 Å². The van der Waals surface area contributed by atoms with Crippen LogP contribution in [0, 0.1) is 0 Å². The lowest BCUT2D eigenvalue weighted by atomic mass is 10.1. The highest BCUT2D eigenvalue weighted by atomic mass is 35.5. The summed E-state index contributed by atoms with van der Waals surface area (Å²) < 4.78 is 0. The van der Waals surface area contributed by atoms with Crippen LogP contribution in [0.2, 0.25) is 10.0 Å². The van der Waals surface area contributed by atoms with Gasteiger partial charge in [-0.05, 0) is 48.1 Å². The van der Waals surface area contributed by atoms with Crippen LogP contribution in [-0.4, -0.2) is 41.5 Å². The number of aliphatic carboxylic acids is 1. The summed E-state index contributed by atoms with van der Waals surface area (Å²) in [5, 5.41) is 19.9. The SMILES string of the molecule is O=C(CCc1ccccc1)Nc1ccc(Cl)c(C(=O)NC(CNC(=O)NC2CCc3ccccc32)C(=O)O)c1Cl. The molecule has 0 bridgehead atoms. The molecular weight excluding hydrogens is 555 g/mol. The molecule has 0 heterocycles. The Hall–Kier alpha value is -4.08. The summed E-state index contributed by atoms with van der Waals surface area (Å²) in [6, 6.07) is 17.9. The highest BCUT2D eigenvalue weighted by molar-refractivity contribution is 6.41. The first-order valence-electron chi connectivity index (χ1n) is 12.7. The van der Waals surface area contributed by atoms with Crippen molar-refractivity contribution < 1.29 is 24.3 Å². The fourth-order valence-electron chi connectivity index (χ4n) is 4.51. The van der Waals surface area contributed by atoms with Gasteiger partial charge in [0.1, 0.15) is 6.04 Å². The minimum Gasteiger partial charge on any atom is -0.480 e. The molecule has 0 radical (unpaired) electrons. The molecule has 3 aromatic rings. The van der Waals surface area contributed by atoms with Crippen LogP contribution in [-0.2, 0) is 22.4 Å². The number of benzene rings is 3. The Morgan fingerprint density at radius 3 is 2.42 bits per heavy atom. The Morgan fingerprint density at radius 1 is 0.950 bits per heavy atom. The standard InChI is InChI=1S/C29H28Cl2N4O5/c30-20-12-14-22(33-24(36)15-10-17-6-2-1-3-7-17)26(31)25(20)27(37)34-23(28(38)39)16-32-29(40)35-21-13-11-18-8-4-5-9-19(18)21/h1-9,12,14,21,23H,10-11,13,15-16H2,(H,33,36)(H,34,37)(H,38,39)(H2,32,35,40). The zero-order valence-electron chi connectivity index (χ0n) is 21.4. The number of hydrogen-bond donors (Lipinski definition) is 5. The molecule has 5 N–H and O–H groups in total. The van der Waals surface area contributed by atoms with Gasteiger partial charge in [0.15, 0.2) is 0 Å². The van der Waals surface area contributed by atoms with E-state index >= 15 is 0 Å². The third-order valence-electron chi connectivity index (χ3n) is 6.58. The van der Waals surface area contributed by atoms with Crippen LogP contribution in [0.15, 0.2) is 66.7 Å². The van der Waals surface area contributed by atoms with Crippen molar-refractivity contribution in [2.45, 2.75) is 37.8 Å². The molecule has 0 aliphatic heterocycles. The molecule has 0 aromatic heterocycles. The van der Waals surface area contributed by atoms with Gasteiger partial charge in [0.2, 0.25) is 5.91 Å². The number of hydrogen-bond acceptors (Lipinski definition) is 4. The van der Waals surface area contributed by atoms with E-state index in [1.807, 2.05) is 54.6 Å². The number of carbonyl (C=O) groups excluding carboxylic acids is 3. The van der Waals surface area contributed by atoms with E-state index in [0.717, 1.165) is 29.5 Å². The maximum atomic E-state index is 13.0. The van der Waals surface area contributed by atoms with Gasteiger partial charge < -0.3 is 26.4 Å². The van der Waals surface area contributed by atoms with Crippen molar-refractivity contribution in [2.24, 2.45) is 0 Å². The van der Waals surface area contributed by atoms with E-state index in [0.29, 0.717) is 6.42 Å². The molecule has 11 heteroatoms. The smallest absolute Gasteiger partial charge is 0.328 e. The molecule has 4 amide bonds. The first-order chi connectivity index (χ1) is 19.2. The number of carbonyl (C=O) groups is 4. The lowest BCUT2D eigenvalue weighted by Crippen LogP contribution is -2.50. The summed E-state index contributed by atoms with van der Waals surface area (Å²) in [4.78, 5) is 49.8. The van der Waals surface area contributed by atoms with Crippen molar-refractivity contribution in [3.8, 4) is 0 Å². The second kappa shape index (κ2) is 13.3. The number of amides is 4. The lowest BCUT2D eigenvalue weighted by molar-refractivity contribution is -0.139. The third-order valence-corrected chi connectivity index (χ3v) is 7.29. The van der Waals surface area contributed by atoms with Crippen LogP contribution < -0.4 is 21.3 Å². The molecule has 208 valence electrons. The summed E-state index contributed by atoms with van der Waals surface area (Å²) in [5.41, 5.74) is 3.15. The third kappa shape index (κ3) is 7.31. The predicted molar refractivity (Wildman–Crippen MR) is 153 cm³/mol. The minimum atomic E-state index is -1.47. The van der Waals surface area contributed by atoms with Crippen LogP contribution in [0.4, 0.5) is 10.5 Å². The molecule has 2 unspecified atom stereocenters. The number of nitrogens with one attached hydrogen (secondary N) is 4. The van der Waals surface area contributed by atoms with Gasteiger partial charge in [0, 0.05) is 6.42 Å². The van der Waals surface area contributed by atoms with Gasteiger partial charge >= 0.3 is 12.0 Å². The zero-order chi connectivity index (χ0) is 28.6.